The molecule has 8 heteroatoms. The van der Waals surface area contributed by atoms with Gasteiger partial charge >= 0.3 is 0 Å². The van der Waals surface area contributed by atoms with Gasteiger partial charge in [0.25, 0.3) is 5.56 Å². The van der Waals surface area contributed by atoms with E-state index in [-0.39, 0.29) is 5.56 Å². The van der Waals surface area contributed by atoms with E-state index in [2.05, 4.69) is 25.7 Å². The van der Waals surface area contributed by atoms with E-state index in [1.807, 2.05) is 37.3 Å². The summed E-state index contributed by atoms with van der Waals surface area (Å²) >= 11 is 0. The van der Waals surface area contributed by atoms with Crippen LogP contribution in [-0.4, -0.2) is 36.1 Å². The summed E-state index contributed by atoms with van der Waals surface area (Å²) in [6, 6.07) is 9.42. The topological polar surface area (TPSA) is 90.0 Å². The van der Waals surface area contributed by atoms with Crippen LogP contribution in [0.15, 0.2) is 47.7 Å². The number of hydrogen-bond acceptors (Lipinski definition) is 6. The minimum absolute atomic E-state index is 0.0866. The molecule has 0 amide bonds. The van der Waals surface area contributed by atoms with Crippen LogP contribution < -0.4 is 10.9 Å². The van der Waals surface area contributed by atoms with E-state index in [1.54, 1.807) is 17.0 Å². The number of nitrogens with one attached hydrogen (secondary N) is 1. The molecule has 0 saturated carbocycles. The lowest BCUT2D eigenvalue weighted by atomic mass is 10.2. The molecule has 0 saturated heterocycles. The summed E-state index contributed by atoms with van der Waals surface area (Å²) in [5, 5.41) is 21.5. The van der Waals surface area contributed by atoms with Gasteiger partial charge in [-0.15, -0.1) is 10.2 Å². The number of aromatic nitrogens is 6. The fourth-order valence-electron chi connectivity index (χ4n) is 2.77. The van der Waals surface area contributed by atoms with Gasteiger partial charge < -0.3 is 5.32 Å². The zero-order chi connectivity index (χ0) is 17.2. The number of hydrogen-bond donors (Lipinski definition) is 1. The minimum Gasteiger partial charge on any atom is -0.380 e. The summed E-state index contributed by atoms with van der Waals surface area (Å²) in [5.74, 6) is 0. The van der Waals surface area contributed by atoms with Gasteiger partial charge in [-0.2, -0.15) is 14.7 Å². The van der Waals surface area contributed by atoms with Crippen LogP contribution in [-0.2, 0) is 13.0 Å². The second-order valence-corrected chi connectivity index (χ2v) is 5.69. The zero-order valence-corrected chi connectivity index (χ0v) is 13.8. The van der Waals surface area contributed by atoms with Crippen molar-refractivity contribution >= 4 is 22.1 Å². The van der Waals surface area contributed by atoms with E-state index in [9.17, 15) is 4.79 Å². The lowest BCUT2D eigenvalue weighted by molar-refractivity contribution is 0.604. The van der Waals surface area contributed by atoms with Crippen LogP contribution in [0.4, 0.5) is 5.69 Å². The van der Waals surface area contributed by atoms with Gasteiger partial charge in [0.05, 0.1) is 29.5 Å². The molecule has 0 atom stereocenters. The Morgan fingerprint density at radius 3 is 3.00 bits per heavy atom. The molecule has 0 fully saturated rings. The molecule has 0 spiro atoms. The van der Waals surface area contributed by atoms with Crippen LogP contribution in [0.2, 0.25) is 0 Å². The highest BCUT2D eigenvalue weighted by Crippen LogP contribution is 2.15. The van der Waals surface area contributed by atoms with Gasteiger partial charge in [0.1, 0.15) is 6.33 Å². The fraction of sp³-hybridized carbons (Fsp3) is 0.235. The average Bonchev–Trinajstić information content (AvgIpc) is 3.12. The predicted octanol–water partition coefficient (Wildman–Crippen LogP) is 1.51. The molecule has 0 unspecified atom stereocenters. The molecule has 25 heavy (non-hydrogen) atoms. The highest BCUT2D eigenvalue weighted by molar-refractivity contribution is 5.80. The maximum absolute atomic E-state index is 12.5. The van der Waals surface area contributed by atoms with E-state index in [1.165, 1.54) is 4.68 Å². The van der Waals surface area contributed by atoms with Crippen molar-refractivity contribution in [1.82, 2.24) is 29.6 Å². The molecule has 1 aromatic carbocycles. The first-order chi connectivity index (χ1) is 12.3. The molecule has 8 nitrogen and oxygen atoms in total. The normalized spacial score (nSPS) is 11.2. The molecule has 4 rings (SSSR count). The smallest absolute Gasteiger partial charge is 0.274 e. The molecule has 126 valence electrons. The third-order valence-corrected chi connectivity index (χ3v) is 4.08. The molecule has 1 N–H and O–H groups in total. The Bertz CT molecular complexity index is 1100. The van der Waals surface area contributed by atoms with Gasteiger partial charge in [-0.3, -0.25) is 4.79 Å². The third kappa shape index (κ3) is 2.82. The molecule has 0 aliphatic carbocycles. The van der Waals surface area contributed by atoms with Crippen molar-refractivity contribution in [3.05, 3.63) is 58.9 Å². The number of anilines is 1. The standard InChI is InChI=1S/C17H17N7O/c1-2-13-9-15(16-21-19-11-24(16)22-13)18-7-8-23-17(25)14-6-4-3-5-12(14)10-20-23/h3-6,9-11,18H,2,7-8H2,1H3. The van der Waals surface area contributed by atoms with Crippen molar-refractivity contribution in [1.29, 1.82) is 0 Å². The minimum atomic E-state index is -0.0866. The monoisotopic (exact) mass is 335 g/mol. The van der Waals surface area contributed by atoms with Crippen molar-refractivity contribution in [3.63, 3.8) is 0 Å². The first-order valence-corrected chi connectivity index (χ1v) is 8.15. The van der Waals surface area contributed by atoms with Crippen LogP contribution >= 0.6 is 0 Å². The summed E-state index contributed by atoms with van der Waals surface area (Å²) in [5.41, 5.74) is 2.36. The number of fused-ring (bicyclic) bond motifs is 2. The zero-order valence-electron chi connectivity index (χ0n) is 13.8. The van der Waals surface area contributed by atoms with Crippen LogP contribution in [0.3, 0.4) is 0 Å². The second-order valence-electron chi connectivity index (χ2n) is 5.69. The number of benzene rings is 1. The van der Waals surface area contributed by atoms with Gasteiger partial charge in [-0.05, 0) is 18.6 Å². The third-order valence-electron chi connectivity index (χ3n) is 4.08. The van der Waals surface area contributed by atoms with Crippen LogP contribution in [0, 0.1) is 0 Å². The first-order valence-electron chi connectivity index (χ1n) is 8.15. The molecular formula is C17H17N7O. The molecule has 0 aliphatic heterocycles. The Morgan fingerprint density at radius 1 is 1.24 bits per heavy atom. The van der Waals surface area contributed by atoms with Crippen molar-refractivity contribution in [2.45, 2.75) is 19.9 Å². The Hall–Kier alpha value is -3.29. The Balaban J connectivity index is 1.56. The van der Waals surface area contributed by atoms with E-state index >= 15 is 0 Å². The molecule has 3 heterocycles. The van der Waals surface area contributed by atoms with Crippen molar-refractivity contribution < 1.29 is 0 Å². The van der Waals surface area contributed by atoms with E-state index in [4.69, 9.17) is 0 Å². The number of aryl methyl sites for hydroxylation is 1. The van der Waals surface area contributed by atoms with E-state index in [0.29, 0.717) is 24.1 Å². The summed E-state index contributed by atoms with van der Waals surface area (Å²) in [6.07, 6.45) is 4.11. The van der Waals surface area contributed by atoms with Crippen LogP contribution in [0.25, 0.3) is 16.4 Å². The first kappa shape index (κ1) is 15.3. The number of nitrogens with zero attached hydrogens (tertiary/aromatic N) is 6. The highest BCUT2D eigenvalue weighted by atomic mass is 16.1. The second kappa shape index (κ2) is 6.31. The largest absolute Gasteiger partial charge is 0.380 e. The Morgan fingerprint density at radius 2 is 2.12 bits per heavy atom. The van der Waals surface area contributed by atoms with Gasteiger partial charge in [-0.1, -0.05) is 25.1 Å². The average molecular weight is 335 g/mol. The molecular weight excluding hydrogens is 318 g/mol. The van der Waals surface area contributed by atoms with Crippen molar-refractivity contribution in [2.24, 2.45) is 0 Å². The van der Waals surface area contributed by atoms with Gasteiger partial charge in [0.2, 0.25) is 5.65 Å². The SMILES string of the molecule is CCc1cc(NCCn2ncc3ccccc3c2=O)c2nncn2n1. The van der Waals surface area contributed by atoms with Crippen LogP contribution in [0.5, 0.6) is 0 Å². The predicted molar refractivity (Wildman–Crippen MR) is 94.7 cm³/mol. The van der Waals surface area contributed by atoms with Gasteiger partial charge in [0.15, 0.2) is 0 Å². The fourth-order valence-corrected chi connectivity index (χ4v) is 2.77. The van der Waals surface area contributed by atoms with Crippen molar-refractivity contribution in [2.75, 3.05) is 11.9 Å². The summed E-state index contributed by atoms with van der Waals surface area (Å²) in [7, 11) is 0. The molecule has 0 aliphatic rings. The molecule has 4 aromatic rings. The maximum Gasteiger partial charge on any atom is 0.274 e. The summed E-state index contributed by atoms with van der Waals surface area (Å²) < 4.78 is 3.12. The molecule has 0 radical (unpaired) electrons. The molecule has 3 aromatic heterocycles. The number of rotatable bonds is 5. The highest BCUT2D eigenvalue weighted by Gasteiger charge is 2.08. The quantitative estimate of drug-likeness (QED) is 0.594. The summed E-state index contributed by atoms with van der Waals surface area (Å²) in [4.78, 5) is 12.5. The van der Waals surface area contributed by atoms with Crippen LogP contribution in [0.1, 0.15) is 12.6 Å². The van der Waals surface area contributed by atoms with E-state index in [0.717, 1.165) is 23.2 Å². The van der Waals surface area contributed by atoms with Gasteiger partial charge in [0, 0.05) is 11.9 Å². The molecule has 0 bridgehead atoms. The summed E-state index contributed by atoms with van der Waals surface area (Å²) in [6.45, 7) is 3.04. The lowest BCUT2D eigenvalue weighted by Crippen LogP contribution is -2.26. The lowest BCUT2D eigenvalue weighted by Gasteiger charge is -2.10. The maximum atomic E-state index is 12.5. The Labute approximate surface area is 143 Å². The van der Waals surface area contributed by atoms with E-state index < -0.39 is 0 Å². The Kier molecular flexibility index (Phi) is 3.85. The van der Waals surface area contributed by atoms with Gasteiger partial charge in [-0.25, -0.2) is 4.68 Å². The van der Waals surface area contributed by atoms with Crippen molar-refractivity contribution in [3.8, 4) is 0 Å².